The van der Waals surface area contributed by atoms with Gasteiger partial charge in [-0.05, 0) is 47.7 Å². The van der Waals surface area contributed by atoms with Crippen molar-refractivity contribution in [3.8, 4) is 0 Å². The molecule has 3 rings (SSSR count). The summed E-state index contributed by atoms with van der Waals surface area (Å²) < 4.78 is 0. The lowest BCUT2D eigenvalue weighted by molar-refractivity contribution is -0.115. The van der Waals surface area contributed by atoms with E-state index in [9.17, 15) is 4.79 Å². The molecule has 1 atom stereocenters. The number of rotatable bonds is 4. The Morgan fingerprint density at radius 1 is 0.958 bits per heavy atom. The first kappa shape index (κ1) is 17.3. The Bertz CT molecular complexity index is 784. The number of ketones is 1. The summed E-state index contributed by atoms with van der Waals surface area (Å²) in [5, 5.41) is 5.11. The smallest absolute Gasteiger partial charge is 0.158 e. The Morgan fingerprint density at radius 2 is 1.71 bits per heavy atom. The van der Waals surface area contributed by atoms with Gasteiger partial charge in [-0.1, -0.05) is 53.0 Å². The summed E-state index contributed by atoms with van der Waals surface area (Å²) in [6.45, 7) is 0.601. The van der Waals surface area contributed by atoms with Crippen LogP contribution in [-0.4, -0.2) is 5.78 Å². The number of allylic oxidation sites excluding steroid dienone is 2. The first-order valence-corrected chi connectivity index (χ1v) is 8.81. The highest BCUT2D eigenvalue weighted by atomic mass is 35.5. The van der Waals surface area contributed by atoms with Crippen LogP contribution in [0.3, 0.4) is 0 Å². The molecule has 0 bridgehead atoms. The lowest BCUT2D eigenvalue weighted by Gasteiger charge is -2.23. The number of carbonyl (C=O) groups excluding carboxylic acids is 1. The lowest BCUT2D eigenvalue weighted by atomic mass is 9.85. The van der Waals surface area contributed by atoms with E-state index in [1.165, 1.54) is 0 Å². The number of hydrogen-bond donors (Lipinski definition) is 1. The van der Waals surface area contributed by atoms with Crippen molar-refractivity contribution in [3.05, 3.63) is 80.4 Å². The number of carbonyl (C=O) groups is 1. The molecule has 0 heterocycles. The van der Waals surface area contributed by atoms with Gasteiger partial charge in [0.05, 0.1) is 10.0 Å². The molecular weight excluding hydrogens is 365 g/mol. The van der Waals surface area contributed by atoms with E-state index in [1.54, 1.807) is 12.1 Å². The van der Waals surface area contributed by atoms with Crippen LogP contribution in [-0.2, 0) is 11.3 Å². The van der Waals surface area contributed by atoms with Crippen LogP contribution in [0.15, 0.2) is 54.2 Å². The summed E-state index contributed by atoms with van der Waals surface area (Å²) >= 11 is 17.9. The van der Waals surface area contributed by atoms with E-state index in [2.05, 4.69) is 5.32 Å². The molecule has 0 radical (unpaired) electrons. The van der Waals surface area contributed by atoms with E-state index >= 15 is 0 Å². The Morgan fingerprint density at radius 3 is 2.42 bits per heavy atom. The van der Waals surface area contributed by atoms with Gasteiger partial charge in [0.25, 0.3) is 0 Å². The van der Waals surface area contributed by atoms with E-state index < -0.39 is 0 Å². The van der Waals surface area contributed by atoms with Gasteiger partial charge in [0.2, 0.25) is 0 Å². The molecule has 2 aromatic rings. The molecule has 1 aliphatic carbocycles. The predicted molar refractivity (Wildman–Crippen MR) is 99.8 cm³/mol. The molecule has 0 spiro atoms. The van der Waals surface area contributed by atoms with Crippen LogP contribution >= 0.6 is 34.8 Å². The SMILES string of the molecule is O=C1C=C(NCc2ccc(Cl)c(Cl)c2)C[C@@H](c2ccc(Cl)cc2)C1. The van der Waals surface area contributed by atoms with E-state index in [0.717, 1.165) is 23.2 Å². The zero-order valence-corrected chi connectivity index (χ0v) is 15.1. The zero-order valence-electron chi connectivity index (χ0n) is 12.9. The van der Waals surface area contributed by atoms with Gasteiger partial charge in [0.15, 0.2) is 5.78 Å². The maximum atomic E-state index is 12.1. The van der Waals surface area contributed by atoms with Crippen LogP contribution in [0.4, 0.5) is 0 Å². The highest BCUT2D eigenvalue weighted by Crippen LogP contribution is 2.31. The Balaban J connectivity index is 1.68. The molecule has 5 heteroatoms. The van der Waals surface area contributed by atoms with Gasteiger partial charge in [-0.25, -0.2) is 0 Å². The van der Waals surface area contributed by atoms with Crippen LogP contribution in [0.25, 0.3) is 0 Å². The van der Waals surface area contributed by atoms with Crippen molar-refractivity contribution in [1.82, 2.24) is 5.32 Å². The molecule has 0 saturated carbocycles. The average molecular weight is 381 g/mol. The van der Waals surface area contributed by atoms with Crippen molar-refractivity contribution in [2.45, 2.75) is 25.3 Å². The number of hydrogen-bond acceptors (Lipinski definition) is 2. The molecule has 0 aromatic heterocycles. The first-order valence-electron chi connectivity index (χ1n) is 7.68. The van der Waals surface area contributed by atoms with Gasteiger partial charge >= 0.3 is 0 Å². The van der Waals surface area contributed by atoms with Gasteiger partial charge in [-0.3, -0.25) is 4.79 Å². The summed E-state index contributed by atoms with van der Waals surface area (Å²) in [6.07, 6.45) is 3.03. The van der Waals surface area contributed by atoms with E-state index in [4.69, 9.17) is 34.8 Å². The van der Waals surface area contributed by atoms with Crippen LogP contribution in [0.5, 0.6) is 0 Å². The van der Waals surface area contributed by atoms with Crippen LogP contribution < -0.4 is 5.32 Å². The summed E-state index contributed by atoms with van der Waals surface area (Å²) in [5.41, 5.74) is 3.10. The Hall–Kier alpha value is -1.48. The molecule has 0 fully saturated rings. The highest BCUT2D eigenvalue weighted by molar-refractivity contribution is 6.42. The van der Waals surface area contributed by atoms with Crippen molar-refractivity contribution in [1.29, 1.82) is 0 Å². The Labute approximate surface area is 156 Å². The fourth-order valence-corrected chi connectivity index (χ4v) is 3.30. The minimum atomic E-state index is 0.137. The van der Waals surface area contributed by atoms with Crippen molar-refractivity contribution in [3.63, 3.8) is 0 Å². The van der Waals surface area contributed by atoms with E-state index in [0.29, 0.717) is 28.0 Å². The zero-order chi connectivity index (χ0) is 17.1. The molecule has 1 N–H and O–H groups in total. The van der Waals surface area contributed by atoms with Gasteiger partial charge < -0.3 is 5.32 Å². The number of benzene rings is 2. The van der Waals surface area contributed by atoms with Gasteiger partial charge in [0, 0.05) is 29.8 Å². The van der Waals surface area contributed by atoms with E-state index in [1.807, 2.05) is 36.4 Å². The van der Waals surface area contributed by atoms with Crippen LogP contribution in [0, 0.1) is 0 Å². The highest BCUT2D eigenvalue weighted by Gasteiger charge is 2.22. The predicted octanol–water partition coefficient (Wildman–Crippen LogP) is 5.77. The topological polar surface area (TPSA) is 29.1 Å². The number of halogens is 3. The summed E-state index contributed by atoms with van der Waals surface area (Å²) in [4.78, 5) is 12.1. The van der Waals surface area contributed by atoms with E-state index in [-0.39, 0.29) is 11.7 Å². The van der Waals surface area contributed by atoms with Crippen LogP contribution in [0.1, 0.15) is 29.9 Å². The number of nitrogens with one attached hydrogen (secondary N) is 1. The van der Waals surface area contributed by atoms with Crippen molar-refractivity contribution < 1.29 is 4.79 Å². The Kier molecular flexibility index (Phi) is 5.50. The second-order valence-electron chi connectivity index (χ2n) is 5.89. The standard InChI is InChI=1S/C19H16Cl3NO/c20-15-4-2-13(3-5-15)14-8-16(10-17(24)9-14)23-11-12-1-6-18(21)19(22)7-12/h1-7,10,14,23H,8-9,11H2/t14-/m1/s1. The molecule has 2 nitrogen and oxygen atoms in total. The third kappa shape index (κ3) is 4.32. The maximum absolute atomic E-state index is 12.1. The molecule has 0 unspecified atom stereocenters. The molecular formula is C19H16Cl3NO. The molecule has 0 aliphatic heterocycles. The molecule has 124 valence electrons. The van der Waals surface area contributed by atoms with Crippen LogP contribution in [0.2, 0.25) is 15.1 Å². The largest absolute Gasteiger partial charge is 0.384 e. The fourth-order valence-electron chi connectivity index (χ4n) is 2.85. The minimum Gasteiger partial charge on any atom is -0.384 e. The third-order valence-electron chi connectivity index (χ3n) is 4.09. The quantitative estimate of drug-likeness (QED) is 0.730. The molecule has 2 aromatic carbocycles. The molecule has 24 heavy (non-hydrogen) atoms. The molecule has 1 aliphatic rings. The molecule has 0 saturated heterocycles. The van der Waals surface area contributed by atoms with Crippen molar-refractivity contribution >= 4 is 40.6 Å². The first-order chi connectivity index (χ1) is 11.5. The lowest BCUT2D eigenvalue weighted by Crippen LogP contribution is -2.21. The third-order valence-corrected chi connectivity index (χ3v) is 5.09. The second kappa shape index (κ2) is 7.60. The monoisotopic (exact) mass is 379 g/mol. The van der Waals surface area contributed by atoms with Crippen molar-refractivity contribution in [2.75, 3.05) is 0 Å². The maximum Gasteiger partial charge on any atom is 0.158 e. The van der Waals surface area contributed by atoms with Gasteiger partial charge in [-0.15, -0.1) is 0 Å². The van der Waals surface area contributed by atoms with Gasteiger partial charge in [-0.2, -0.15) is 0 Å². The molecule has 0 amide bonds. The summed E-state index contributed by atoms with van der Waals surface area (Å²) in [7, 11) is 0. The fraction of sp³-hybridized carbons (Fsp3) is 0.211. The second-order valence-corrected chi connectivity index (χ2v) is 7.15. The normalized spacial score (nSPS) is 17.5. The summed E-state index contributed by atoms with van der Waals surface area (Å²) in [6, 6.07) is 13.2. The van der Waals surface area contributed by atoms with Gasteiger partial charge in [0.1, 0.15) is 0 Å². The van der Waals surface area contributed by atoms with Crippen molar-refractivity contribution in [2.24, 2.45) is 0 Å². The minimum absolute atomic E-state index is 0.137. The summed E-state index contributed by atoms with van der Waals surface area (Å²) in [5.74, 6) is 0.314. The average Bonchev–Trinajstić information content (AvgIpc) is 2.56.